The second-order valence-corrected chi connectivity index (χ2v) is 1.89. The van der Waals surface area contributed by atoms with Crippen LogP contribution in [0.2, 0.25) is 0 Å². The number of hydrogen-bond acceptors (Lipinski definition) is 0. The zero-order valence-corrected chi connectivity index (χ0v) is 5.54. The van der Waals surface area contributed by atoms with Crippen LogP contribution in [0.25, 0.3) is 6.08 Å². The molecule has 0 heterocycles. The third-order valence-corrected chi connectivity index (χ3v) is 1.16. The fraction of sp³-hybridized carbons (Fsp3) is 0. The van der Waals surface area contributed by atoms with Crippen molar-refractivity contribution < 1.29 is 1.37 Å². The topological polar surface area (TPSA) is 0 Å². The summed E-state index contributed by atoms with van der Waals surface area (Å²) in [5.74, 6) is 0. The Morgan fingerprint density at radius 2 is 2.00 bits per heavy atom. The highest BCUT2D eigenvalue weighted by Crippen LogP contribution is 1.99. The summed E-state index contributed by atoms with van der Waals surface area (Å²) in [6, 6.07) is 9.47. The largest absolute Gasteiger partial charge is 0.0629 e. The molecule has 0 heteroatoms. The summed E-state index contributed by atoms with van der Waals surface area (Å²) in [7, 11) is 0. The number of allylic oxidation sites excluding steroid dienone is 2. The number of benzene rings is 1. The Labute approximate surface area is 62.9 Å². The van der Waals surface area contributed by atoms with Crippen molar-refractivity contribution >= 4 is 6.08 Å². The van der Waals surface area contributed by atoms with Crippen LogP contribution in [0.4, 0.5) is 0 Å². The highest BCUT2D eigenvalue weighted by Gasteiger charge is 1.78. The first-order valence-corrected chi connectivity index (χ1v) is 3.07. The first-order chi connectivity index (χ1) is 5.29. The normalized spacial score (nSPS) is 11.4. The minimum atomic E-state index is -0.172. The Hall–Kier alpha value is -1.30. The standard InChI is InChI=1S/C10H8/c1-2-3-7-10-8-5-4-6-9-10/h2-9H/b7-3+/i2+1D. The van der Waals surface area contributed by atoms with E-state index in [0.717, 1.165) is 5.56 Å². The first-order valence-electron chi connectivity index (χ1n) is 3.57. The lowest BCUT2D eigenvalue weighted by Crippen LogP contribution is -1.65. The van der Waals surface area contributed by atoms with Gasteiger partial charge in [-0.15, -0.1) is 0 Å². The molecule has 0 aliphatic carbocycles. The van der Waals surface area contributed by atoms with E-state index in [-0.39, 0.29) is 6.05 Å². The van der Waals surface area contributed by atoms with E-state index in [1.165, 1.54) is 6.08 Å². The van der Waals surface area contributed by atoms with Crippen molar-refractivity contribution in [3.8, 4) is 0 Å². The van der Waals surface area contributed by atoms with Gasteiger partial charge in [-0.1, -0.05) is 48.5 Å². The Bertz CT molecular complexity index is 259. The molecule has 0 saturated heterocycles. The summed E-state index contributed by atoms with van der Waals surface area (Å²) in [5.41, 5.74) is 1.02. The van der Waals surface area contributed by atoms with Crippen LogP contribution < -0.4 is 0 Å². The predicted octanol–water partition coefficient (Wildman–Crippen LogP) is 2.57. The van der Waals surface area contributed by atoms with Crippen LogP contribution in [-0.4, -0.2) is 0 Å². The first kappa shape index (κ1) is 5.48. The molecule has 0 nitrogen and oxygen atoms in total. The molecule has 0 aliphatic heterocycles. The molecule has 0 atom stereocenters. The highest BCUT2D eigenvalue weighted by atomic mass is 14.0. The molecule has 0 fully saturated rings. The van der Waals surface area contributed by atoms with Gasteiger partial charge >= 0.3 is 0 Å². The Kier molecular flexibility index (Phi) is 2.01. The maximum absolute atomic E-state index is 6.82. The summed E-state index contributed by atoms with van der Waals surface area (Å²) < 4.78 is 6.82. The van der Waals surface area contributed by atoms with Crippen LogP contribution in [0.5, 0.6) is 0 Å². The fourth-order valence-electron chi connectivity index (χ4n) is 0.702. The molecule has 1 rings (SSSR count). The molecule has 0 aromatic heterocycles. The van der Waals surface area contributed by atoms with Crippen LogP contribution in [0.1, 0.15) is 6.93 Å². The summed E-state index contributed by atoms with van der Waals surface area (Å²) in [4.78, 5) is 0. The molecule has 2 radical (unpaired) electrons. The molecule has 0 bridgehead atoms. The zero-order chi connectivity index (χ0) is 8.10. The summed E-state index contributed by atoms with van der Waals surface area (Å²) in [5, 5.41) is 0. The lowest BCUT2D eigenvalue weighted by atomic mass is 10.2. The molecule has 0 spiro atoms. The lowest BCUT2D eigenvalue weighted by molar-refractivity contribution is 1.66. The average Bonchev–Trinajstić information content (AvgIpc) is 2.03. The van der Waals surface area contributed by atoms with E-state index in [2.05, 4.69) is 0 Å². The lowest BCUT2D eigenvalue weighted by Gasteiger charge is -1.87. The van der Waals surface area contributed by atoms with Gasteiger partial charge in [0.1, 0.15) is 0 Å². The van der Waals surface area contributed by atoms with Gasteiger partial charge in [-0.05, 0) is 12.1 Å². The molecule has 0 N–H and O–H groups in total. The molecular formula is C10H8. The second kappa shape index (κ2) is 3.67. The van der Waals surface area contributed by atoms with E-state index < -0.39 is 0 Å². The van der Waals surface area contributed by atoms with Gasteiger partial charge in [-0.25, -0.2) is 0 Å². The number of hydrogen-bond donors (Lipinski definition) is 0. The third kappa shape index (κ3) is 1.90. The average molecular weight is 130 g/mol. The fourth-order valence-corrected chi connectivity index (χ4v) is 0.702. The molecular weight excluding hydrogens is 121 g/mol. The van der Waals surface area contributed by atoms with E-state index >= 15 is 0 Å². The van der Waals surface area contributed by atoms with Crippen molar-refractivity contribution in [3.63, 3.8) is 0 Å². The Morgan fingerprint density at radius 1 is 1.30 bits per heavy atom. The van der Waals surface area contributed by atoms with Gasteiger partial charge in [0.05, 0.1) is 1.37 Å². The van der Waals surface area contributed by atoms with Crippen LogP contribution >= 0.6 is 0 Å². The van der Waals surface area contributed by atoms with E-state index in [4.69, 9.17) is 7.95 Å². The van der Waals surface area contributed by atoms with Crippen molar-refractivity contribution in [1.82, 2.24) is 0 Å². The van der Waals surface area contributed by atoms with Gasteiger partial charge in [-0.2, -0.15) is 0 Å². The molecule has 0 aliphatic rings. The minimum Gasteiger partial charge on any atom is -0.0622 e. The molecule has 0 saturated carbocycles. The van der Waals surface area contributed by atoms with Crippen molar-refractivity contribution in [2.45, 2.75) is 0 Å². The van der Waals surface area contributed by atoms with Gasteiger partial charge < -0.3 is 0 Å². The van der Waals surface area contributed by atoms with Crippen molar-refractivity contribution in [3.05, 3.63) is 54.6 Å². The van der Waals surface area contributed by atoms with Gasteiger partial charge in [0.15, 0.2) is 0 Å². The summed E-state index contributed by atoms with van der Waals surface area (Å²) >= 11 is 0. The smallest absolute Gasteiger partial charge is 0.0622 e. The molecule has 48 valence electrons. The van der Waals surface area contributed by atoms with Gasteiger partial charge in [-0.3, -0.25) is 0 Å². The quantitative estimate of drug-likeness (QED) is 0.426. The van der Waals surface area contributed by atoms with E-state index in [1.54, 1.807) is 6.08 Å². The van der Waals surface area contributed by atoms with E-state index in [0.29, 0.717) is 0 Å². The maximum Gasteiger partial charge on any atom is 0.0629 e. The third-order valence-electron chi connectivity index (χ3n) is 1.16. The van der Waals surface area contributed by atoms with Gasteiger partial charge in [0.2, 0.25) is 0 Å². The van der Waals surface area contributed by atoms with E-state index in [1.807, 2.05) is 30.3 Å². The van der Waals surface area contributed by atoms with Crippen molar-refractivity contribution in [2.24, 2.45) is 0 Å². The zero-order valence-electron chi connectivity index (χ0n) is 6.54. The van der Waals surface area contributed by atoms with Gasteiger partial charge in [0, 0.05) is 0 Å². The van der Waals surface area contributed by atoms with Crippen LogP contribution in [0, 0.1) is 6.58 Å². The SMILES string of the molecule is [2H][13C](=[C])/C=C/c1ccccc1. The number of rotatable bonds is 2. The Balaban J connectivity index is 2.72. The van der Waals surface area contributed by atoms with Crippen LogP contribution in [0.3, 0.4) is 0 Å². The molecule has 10 heavy (non-hydrogen) atoms. The predicted molar refractivity (Wildman–Crippen MR) is 43.3 cm³/mol. The van der Waals surface area contributed by atoms with Crippen LogP contribution in [-0.2, 0) is 0 Å². The molecule has 0 unspecified atom stereocenters. The van der Waals surface area contributed by atoms with Crippen molar-refractivity contribution in [1.29, 1.82) is 0 Å². The van der Waals surface area contributed by atoms with Crippen LogP contribution in [0.15, 0.2) is 42.5 Å². The maximum atomic E-state index is 6.82. The minimum absolute atomic E-state index is 0.172. The summed E-state index contributed by atoms with van der Waals surface area (Å²) in [6.45, 7) is 6.82. The monoisotopic (exact) mass is 130 g/mol. The van der Waals surface area contributed by atoms with Gasteiger partial charge in [0.25, 0.3) is 0 Å². The Morgan fingerprint density at radius 3 is 2.60 bits per heavy atom. The highest BCUT2D eigenvalue weighted by molar-refractivity contribution is 5.50. The molecule has 1 aromatic carbocycles. The molecule has 1 aromatic rings. The van der Waals surface area contributed by atoms with Crippen molar-refractivity contribution in [2.75, 3.05) is 0 Å². The van der Waals surface area contributed by atoms with E-state index in [9.17, 15) is 0 Å². The summed E-state index contributed by atoms with van der Waals surface area (Å²) in [6.07, 6.45) is 3.20. The second-order valence-electron chi connectivity index (χ2n) is 1.89. The molecule has 0 amide bonds.